The van der Waals surface area contributed by atoms with E-state index in [9.17, 15) is 4.79 Å². The van der Waals surface area contributed by atoms with E-state index in [1.165, 1.54) is 24.8 Å². The lowest BCUT2D eigenvalue weighted by atomic mass is 9.85. The molecule has 0 heterocycles. The highest BCUT2D eigenvalue weighted by Crippen LogP contribution is 2.41. The summed E-state index contributed by atoms with van der Waals surface area (Å²) in [6, 6.07) is 10.8. The zero-order valence-electron chi connectivity index (χ0n) is 10.7. The molecule has 2 rings (SSSR count). The zero-order valence-corrected chi connectivity index (χ0v) is 10.7. The third-order valence-electron chi connectivity index (χ3n) is 4.08. The third-order valence-corrected chi connectivity index (χ3v) is 4.08. The van der Waals surface area contributed by atoms with Crippen LogP contribution >= 0.6 is 0 Å². The summed E-state index contributed by atoms with van der Waals surface area (Å²) in [6.45, 7) is 1.96. The summed E-state index contributed by atoms with van der Waals surface area (Å²) in [5.74, 6) is 1.84. The maximum absolute atomic E-state index is 11.4. The summed E-state index contributed by atoms with van der Waals surface area (Å²) in [5, 5.41) is 0. The van der Waals surface area contributed by atoms with Crippen LogP contribution in [0.15, 0.2) is 30.3 Å². The second-order valence-corrected chi connectivity index (χ2v) is 5.14. The van der Waals surface area contributed by atoms with Crippen LogP contribution in [-0.2, 0) is 4.79 Å². The predicted molar refractivity (Wildman–Crippen MR) is 71.1 cm³/mol. The molecule has 0 bridgehead atoms. The molecule has 1 aromatic carbocycles. The molecule has 0 saturated heterocycles. The maximum Gasteiger partial charge on any atom is 0.132 e. The number of hydrogen-bond donors (Lipinski definition) is 0. The Morgan fingerprint density at radius 1 is 1.24 bits per heavy atom. The summed E-state index contributed by atoms with van der Waals surface area (Å²) in [7, 11) is 0. The minimum Gasteiger partial charge on any atom is -0.300 e. The second kappa shape index (κ2) is 6.00. The normalized spacial score (nSPS) is 23.8. The van der Waals surface area contributed by atoms with E-state index in [0.29, 0.717) is 18.1 Å². The number of benzene rings is 1. The van der Waals surface area contributed by atoms with Crippen molar-refractivity contribution in [3.05, 3.63) is 35.9 Å². The molecule has 1 aliphatic rings. The smallest absolute Gasteiger partial charge is 0.132 e. The molecule has 0 aliphatic heterocycles. The molecule has 1 nitrogen and oxygen atoms in total. The summed E-state index contributed by atoms with van der Waals surface area (Å²) < 4.78 is 0. The second-order valence-electron chi connectivity index (χ2n) is 5.14. The van der Waals surface area contributed by atoms with Gasteiger partial charge in [0.2, 0.25) is 0 Å². The number of carbonyl (C=O) groups is 1. The van der Waals surface area contributed by atoms with Crippen molar-refractivity contribution in [2.75, 3.05) is 0 Å². The van der Waals surface area contributed by atoms with Gasteiger partial charge in [0.15, 0.2) is 0 Å². The minimum atomic E-state index is 0.420. The first-order chi connectivity index (χ1) is 8.31. The Labute approximate surface area is 104 Å². The summed E-state index contributed by atoms with van der Waals surface area (Å²) in [5.41, 5.74) is 1.47. The van der Waals surface area contributed by atoms with Crippen molar-refractivity contribution in [1.29, 1.82) is 0 Å². The molecule has 1 saturated carbocycles. The fraction of sp³-hybridized carbons (Fsp3) is 0.562. The van der Waals surface area contributed by atoms with Crippen LogP contribution in [0.25, 0.3) is 0 Å². The first kappa shape index (κ1) is 12.3. The molecular weight excluding hydrogens is 208 g/mol. The van der Waals surface area contributed by atoms with Crippen molar-refractivity contribution >= 4 is 5.78 Å². The Hall–Kier alpha value is -1.11. The highest BCUT2D eigenvalue weighted by molar-refractivity contribution is 5.77. The van der Waals surface area contributed by atoms with Gasteiger partial charge in [-0.3, -0.25) is 4.79 Å². The quantitative estimate of drug-likeness (QED) is 0.735. The molecule has 0 spiro atoms. The standard InChI is InChI=1S/C16H22O/c1-2-15(17)12-11-14-9-6-10-16(14)13-7-4-3-5-8-13/h3-5,7-8,14,16H,2,6,9-12H2,1H3/t14-,16-/m0/s1. The average molecular weight is 230 g/mol. The Balaban J connectivity index is 1.96. The van der Waals surface area contributed by atoms with Crippen molar-refractivity contribution in [3.63, 3.8) is 0 Å². The Bertz CT molecular complexity index is 355. The predicted octanol–water partition coefficient (Wildman–Crippen LogP) is 4.33. The van der Waals surface area contributed by atoms with Crippen LogP contribution in [0.2, 0.25) is 0 Å². The fourth-order valence-corrected chi connectivity index (χ4v) is 3.04. The largest absolute Gasteiger partial charge is 0.300 e. The van der Waals surface area contributed by atoms with E-state index in [2.05, 4.69) is 30.3 Å². The van der Waals surface area contributed by atoms with Gasteiger partial charge in [0.1, 0.15) is 5.78 Å². The molecule has 1 fully saturated rings. The van der Waals surface area contributed by atoms with Gasteiger partial charge in [0, 0.05) is 12.8 Å². The molecule has 2 atom stereocenters. The molecular formula is C16H22O. The van der Waals surface area contributed by atoms with Crippen molar-refractivity contribution in [2.45, 2.75) is 51.4 Å². The third kappa shape index (κ3) is 3.18. The van der Waals surface area contributed by atoms with Gasteiger partial charge >= 0.3 is 0 Å². The van der Waals surface area contributed by atoms with Crippen LogP contribution in [0.1, 0.15) is 56.9 Å². The SMILES string of the molecule is CCC(=O)CC[C@@H]1CCC[C@H]1c1ccccc1. The van der Waals surface area contributed by atoms with E-state index in [1.54, 1.807) is 0 Å². The van der Waals surface area contributed by atoms with Gasteiger partial charge in [-0.1, -0.05) is 43.7 Å². The average Bonchev–Trinajstić information content (AvgIpc) is 2.85. The van der Waals surface area contributed by atoms with E-state index in [4.69, 9.17) is 0 Å². The fourth-order valence-electron chi connectivity index (χ4n) is 3.04. The molecule has 17 heavy (non-hydrogen) atoms. The highest BCUT2D eigenvalue weighted by Gasteiger charge is 2.28. The minimum absolute atomic E-state index is 0.420. The summed E-state index contributed by atoms with van der Waals surface area (Å²) in [6.07, 6.45) is 6.50. The van der Waals surface area contributed by atoms with Crippen LogP contribution < -0.4 is 0 Å². The van der Waals surface area contributed by atoms with Crippen molar-refractivity contribution in [1.82, 2.24) is 0 Å². The number of carbonyl (C=O) groups excluding carboxylic acids is 1. The van der Waals surface area contributed by atoms with Crippen LogP contribution in [0.3, 0.4) is 0 Å². The van der Waals surface area contributed by atoms with Crippen molar-refractivity contribution in [3.8, 4) is 0 Å². The monoisotopic (exact) mass is 230 g/mol. The zero-order chi connectivity index (χ0) is 12.1. The molecule has 0 aromatic heterocycles. The number of Topliss-reactive ketones (excluding diaryl/α,β-unsaturated/α-hetero) is 1. The summed E-state index contributed by atoms with van der Waals surface area (Å²) >= 11 is 0. The molecule has 0 radical (unpaired) electrons. The van der Waals surface area contributed by atoms with Gasteiger partial charge < -0.3 is 0 Å². The molecule has 1 aromatic rings. The molecule has 0 unspecified atom stereocenters. The van der Waals surface area contributed by atoms with Crippen LogP contribution in [0, 0.1) is 5.92 Å². The van der Waals surface area contributed by atoms with E-state index in [-0.39, 0.29) is 0 Å². The summed E-state index contributed by atoms with van der Waals surface area (Å²) in [4.78, 5) is 11.4. The maximum atomic E-state index is 11.4. The van der Waals surface area contributed by atoms with E-state index in [1.807, 2.05) is 6.92 Å². The Morgan fingerprint density at radius 3 is 2.71 bits per heavy atom. The van der Waals surface area contributed by atoms with E-state index in [0.717, 1.165) is 18.8 Å². The first-order valence-electron chi connectivity index (χ1n) is 6.88. The molecule has 92 valence electrons. The molecule has 0 N–H and O–H groups in total. The van der Waals surface area contributed by atoms with Gasteiger partial charge in [0.05, 0.1) is 0 Å². The lowest BCUT2D eigenvalue weighted by Crippen LogP contribution is -2.08. The lowest BCUT2D eigenvalue weighted by Gasteiger charge is -2.19. The number of hydrogen-bond acceptors (Lipinski definition) is 1. The van der Waals surface area contributed by atoms with Gasteiger partial charge in [-0.25, -0.2) is 0 Å². The van der Waals surface area contributed by atoms with Crippen LogP contribution in [-0.4, -0.2) is 5.78 Å². The highest BCUT2D eigenvalue weighted by atomic mass is 16.1. The van der Waals surface area contributed by atoms with Crippen molar-refractivity contribution < 1.29 is 4.79 Å². The topological polar surface area (TPSA) is 17.1 Å². The Kier molecular flexibility index (Phi) is 4.36. The van der Waals surface area contributed by atoms with Crippen molar-refractivity contribution in [2.24, 2.45) is 5.92 Å². The van der Waals surface area contributed by atoms with Gasteiger partial charge in [-0.15, -0.1) is 0 Å². The number of rotatable bonds is 5. The van der Waals surface area contributed by atoms with Gasteiger partial charge in [-0.2, -0.15) is 0 Å². The Morgan fingerprint density at radius 2 is 2.00 bits per heavy atom. The molecule has 0 amide bonds. The van der Waals surface area contributed by atoms with Gasteiger partial charge in [-0.05, 0) is 36.7 Å². The lowest BCUT2D eigenvalue weighted by molar-refractivity contribution is -0.119. The van der Waals surface area contributed by atoms with Crippen LogP contribution in [0.5, 0.6) is 0 Å². The molecule has 1 aliphatic carbocycles. The number of ketones is 1. The van der Waals surface area contributed by atoms with E-state index < -0.39 is 0 Å². The first-order valence-corrected chi connectivity index (χ1v) is 6.88. The molecule has 1 heteroatoms. The van der Waals surface area contributed by atoms with Gasteiger partial charge in [0.25, 0.3) is 0 Å². The van der Waals surface area contributed by atoms with Crippen LogP contribution in [0.4, 0.5) is 0 Å². The van der Waals surface area contributed by atoms with E-state index >= 15 is 0 Å².